The molecule has 0 unspecified atom stereocenters. The first-order valence-electron chi connectivity index (χ1n) is 10.4. The number of carbonyl (C=O) groups is 2. The number of rotatable bonds is 6. The van der Waals surface area contributed by atoms with E-state index in [1.807, 2.05) is 0 Å². The topological polar surface area (TPSA) is 117 Å². The van der Waals surface area contributed by atoms with Crippen LogP contribution in [0.15, 0.2) is 82.5 Å². The van der Waals surface area contributed by atoms with Crippen molar-refractivity contribution in [2.45, 2.75) is 25.4 Å². The molecule has 0 radical (unpaired) electrons. The molecule has 1 fully saturated rings. The second-order valence-corrected chi connectivity index (χ2v) is 7.64. The van der Waals surface area contributed by atoms with Crippen molar-refractivity contribution in [3.8, 4) is 0 Å². The summed E-state index contributed by atoms with van der Waals surface area (Å²) in [5.41, 5.74) is -0.471. The van der Waals surface area contributed by atoms with Crippen LogP contribution in [0.2, 0.25) is 0 Å². The average molecular weight is 450 g/mol. The molecule has 2 aromatic carbocycles. The minimum atomic E-state index is -0.844. The lowest BCUT2D eigenvalue weighted by Gasteiger charge is -2.21. The van der Waals surface area contributed by atoms with Crippen LogP contribution in [0.5, 0.6) is 0 Å². The third kappa shape index (κ3) is 4.93. The molecular formula is C24H22N2O7. The summed E-state index contributed by atoms with van der Waals surface area (Å²) in [4.78, 5) is 51.0. The van der Waals surface area contributed by atoms with Crippen LogP contribution in [-0.2, 0) is 14.2 Å². The molecule has 0 amide bonds. The molecule has 1 N–H and O–H groups in total. The van der Waals surface area contributed by atoms with Crippen LogP contribution in [0.1, 0.15) is 33.9 Å². The summed E-state index contributed by atoms with van der Waals surface area (Å²) in [7, 11) is 0. The van der Waals surface area contributed by atoms with Crippen LogP contribution >= 0.6 is 0 Å². The van der Waals surface area contributed by atoms with Gasteiger partial charge in [0.1, 0.15) is 25.0 Å². The summed E-state index contributed by atoms with van der Waals surface area (Å²) in [6, 6.07) is 18.1. The van der Waals surface area contributed by atoms with Crippen molar-refractivity contribution >= 4 is 11.9 Å². The number of aromatic amines is 1. The standard InChI is InChI=1S/C24H22N2O7/c1-15-20(33-23(29)17-10-6-3-7-11-17)18(14-31-22(28)16-8-4-2-5-9-16)32-21(15)26-13-12-19(27)25-24(26)30/h2-13,15,18,20-21H,14H2,1H3,(H,25,27,30)/t15-,18+,20-,21+/m0/s1. The first kappa shape index (κ1) is 22.2. The van der Waals surface area contributed by atoms with Crippen molar-refractivity contribution in [3.05, 3.63) is 105 Å². The van der Waals surface area contributed by atoms with E-state index in [4.69, 9.17) is 14.2 Å². The molecule has 9 nitrogen and oxygen atoms in total. The van der Waals surface area contributed by atoms with E-state index in [0.717, 1.165) is 0 Å². The van der Waals surface area contributed by atoms with Crippen molar-refractivity contribution < 1.29 is 23.8 Å². The van der Waals surface area contributed by atoms with Gasteiger partial charge in [-0.05, 0) is 24.3 Å². The van der Waals surface area contributed by atoms with Crippen molar-refractivity contribution in [2.75, 3.05) is 6.61 Å². The molecule has 9 heteroatoms. The summed E-state index contributed by atoms with van der Waals surface area (Å²) < 4.78 is 18.4. The van der Waals surface area contributed by atoms with Crippen LogP contribution in [0, 0.1) is 5.92 Å². The van der Waals surface area contributed by atoms with Gasteiger partial charge in [0.25, 0.3) is 5.56 Å². The van der Waals surface area contributed by atoms with E-state index in [2.05, 4.69) is 4.98 Å². The summed E-state index contributed by atoms with van der Waals surface area (Å²) in [5, 5.41) is 0. The average Bonchev–Trinajstić information content (AvgIpc) is 3.13. The van der Waals surface area contributed by atoms with Crippen LogP contribution in [0.4, 0.5) is 0 Å². The number of H-pyrrole nitrogens is 1. The Labute approximate surface area is 188 Å². The SMILES string of the molecule is C[C@H]1[C@H](OC(=O)c2ccccc2)[C@@H](COC(=O)c2ccccc2)O[C@H]1n1ccc(=O)[nH]c1=O. The summed E-state index contributed by atoms with van der Waals surface area (Å²) >= 11 is 0. The molecule has 4 atom stereocenters. The lowest BCUT2D eigenvalue weighted by Crippen LogP contribution is -2.36. The highest BCUT2D eigenvalue weighted by atomic mass is 16.6. The Morgan fingerprint density at radius 1 is 0.939 bits per heavy atom. The molecule has 2 heterocycles. The van der Waals surface area contributed by atoms with Crippen LogP contribution in [0.3, 0.4) is 0 Å². The van der Waals surface area contributed by atoms with Gasteiger partial charge in [-0.25, -0.2) is 14.4 Å². The van der Waals surface area contributed by atoms with Gasteiger partial charge in [-0.1, -0.05) is 43.3 Å². The molecule has 3 aromatic rings. The van der Waals surface area contributed by atoms with E-state index < -0.39 is 47.5 Å². The molecule has 4 rings (SSSR count). The van der Waals surface area contributed by atoms with Crippen LogP contribution < -0.4 is 11.2 Å². The highest BCUT2D eigenvalue weighted by Crippen LogP contribution is 2.36. The molecule has 0 aliphatic carbocycles. The van der Waals surface area contributed by atoms with E-state index >= 15 is 0 Å². The smallest absolute Gasteiger partial charge is 0.338 e. The van der Waals surface area contributed by atoms with Gasteiger partial charge in [-0.15, -0.1) is 0 Å². The fraction of sp³-hybridized carbons (Fsp3) is 0.250. The Bertz CT molecular complexity index is 1240. The molecule has 1 aliphatic heterocycles. The molecule has 0 spiro atoms. The van der Waals surface area contributed by atoms with E-state index in [9.17, 15) is 19.2 Å². The Morgan fingerprint density at radius 2 is 1.55 bits per heavy atom. The van der Waals surface area contributed by atoms with E-state index in [0.29, 0.717) is 11.1 Å². The number of esters is 2. The predicted octanol–water partition coefficient (Wildman–Crippen LogP) is 2.15. The normalized spacial score (nSPS) is 22.0. The van der Waals surface area contributed by atoms with Crippen molar-refractivity contribution in [1.29, 1.82) is 0 Å². The molecule has 0 bridgehead atoms. The Balaban J connectivity index is 1.56. The lowest BCUT2D eigenvalue weighted by molar-refractivity contribution is -0.0587. The quantitative estimate of drug-likeness (QED) is 0.572. The van der Waals surface area contributed by atoms with Crippen LogP contribution in [0.25, 0.3) is 0 Å². The number of hydrogen-bond donors (Lipinski definition) is 1. The molecule has 1 saturated heterocycles. The first-order chi connectivity index (χ1) is 15.9. The first-order valence-corrected chi connectivity index (χ1v) is 10.4. The monoisotopic (exact) mass is 450 g/mol. The third-order valence-electron chi connectivity index (χ3n) is 5.41. The number of ether oxygens (including phenoxy) is 3. The zero-order chi connectivity index (χ0) is 23.4. The van der Waals surface area contributed by atoms with Gasteiger partial charge in [0.15, 0.2) is 0 Å². The fourth-order valence-corrected chi connectivity index (χ4v) is 3.73. The number of nitrogens with zero attached hydrogens (tertiary/aromatic N) is 1. The van der Waals surface area contributed by atoms with Gasteiger partial charge < -0.3 is 14.2 Å². The largest absolute Gasteiger partial charge is 0.459 e. The number of benzene rings is 2. The van der Waals surface area contributed by atoms with E-state index in [-0.39, 0.29) is 6.61 Å². The second-order valence-electron chi connectivity index (χ2n) is 7.64. The Morgan fingerprint density at radius 3 is 2.15 bits per heavy atom. The predicted molar refractivity (Wildman–Crippen MR) is 117 cm³/mol. The van der Waals surface area contributed by atoms with Crippen molar-refractivity contribution in [1.82, 2.24) is 9.55 Å². The molecule has 1 aromatic heterocycles. The fourth-order valence-electron chi connectivity index (χ4n) is 3.73. The van der Waals surface area contributed by atoms with Crippen LogP contribution in [-0.4, -0.2) is 40.3 Å². The Kier molecular flexibility index (Phi) is 6.50. The number of hydrogen-bond acceptors (Lipinski definition) is 7. The zero-order valence-corrected chi connectivity index (χ0v) is 17.7. The molecule has 33 heavy (non-hydrogen) atoms. The van der Waals surface area contributed by atoms with E-state index in [1.54, 1.807) is 67.6 Å². The molecule has 170 valence electrons. The number of aromatic nitrogens is 2. The third-order valence-corrected chi connectivity index (χ3v) is 5.41. The van der Waals surface area contributed by atoms with Gasteiger partial charge in [0.2, 0.25) is 0 Å². The summed E-state index contributed by atoms with van der Waals surface area (Å²) in [5.74, 6) is -1.60. The molecule has 1 aliphatic rings. The minimum Gasteiger partial charge on any atom is -0.459 e. The number of carbonyl (C=O) groups excluding carboxylic acids is 2. The Hall–Kier alpha value is -3.98. The maximum Gasteiger partial charge on any atom is 0.338 e. The van der Waals surface area contributed by atoms with Crippen molar-refractivity contribution in [2.24, 2.45) is 5.92 Å². The van der Waals surface area contributed by atoms with Gasteiger partial charge >= 0.3 is 17.6 Å². The molecule has 0 saturated carbocycles. The maximum atomic E-state index is 12.7. The van der Waals surface area contributed by atoms with E-state index in [1.165, 1.54) is 16.8 Å². The highest BCUT2D eigenvalue weighted by Gasteiger charge is 2.46. The lowest BCUT2D eigenvalue weighted by atomic mass is 10.0. The maximum absolute atomic E-state index is 12.7. The van der Waals surface area contributed by atoms with Crippen molar-refractivity contribution in [3.63, 3.8) is 0 Å². The summed E-state index contributed by atoms with van der Waals surface area (Å²) in [6.45, 7) is 1.56. The number of nitrogens with one attached hydrogen (secondary N) is 1. The minimum absolute atomic E-state index is 0.195. The van der Waals surface area contributed by atoms with Gasteiger partial charge in [-0.3, -0.25) is 14.3 Å². The summed E-state index contributed by atoms with van der Waals surface area (Å²) in [6.07, 6.45) is -1.17. The highest BCUT2D eigenvalue weighted by molar-refractivity contribution is 5.90. The second kappa shape index (κ2) is 9.66. The van der Waals surface area contributed by atoms with Gasteiger partial charge in [0.05, 0.1) is 11.1 Å². The van der Waals surface area contributed by atoms with Gasteiger partial charge in [0, 0.05) is 18.2 Å². The van der Waals surface area contributed by atoms with Gasteiger partial charge in [-0.2, -0.15) is 0 Å². The zero-order valence-electron chi connectivity index (χ0n) is 17.7. The molecular weight excluding hydrogens is 428 g/mol.